The molecule has 1 unspecified atom stereocenters. The largest absolute Gasteiger partial charge is 0.324 e. The first-order valence-electron chi connectivity index (χ1n) is 5.46. The Morgan fingerprint density at radius 3 is 2.81 bits per heavy atom. The summed E-state index contributed by atoms with van der Waals surface area (Å²) in [6.45, 7) is 2.09. The summed E-state index contributed by atoms with van der Waals surface area (Å²) in [7, 11) is 0. The molecule has 3 N–H and O–H groups in total. The molecule has 0 aliphatic rings. The standard InChI is InChI=1S/C12H17IN2O/c1-2-3-7-10(14)12(16)15-11-8-5-4-6-9(11)13/h4-6,8,10H,2-3,7,14H2,1H3,(H,15,16). The average molecular weight is 332 g/mol. The number of anilines is 1. The quantitative estimate of drug-likeness (QED) is 0.815. The highest BCUT2D eigenvalue weighted by molar-refractivity contribution is 14.1. The second-order valence-electron chi connectivity index (χ2n) is 3.72. The van der Waals surface area contributed by atoms with Gasteiger partial charge in [-0.1, -0.05) is 31.9 Å². The SMILES string of the molecule is CCCCC(N)C(=O)Nc1ccccc1I. The molecule has 0 radical (unpaired) electrons. The van der Waals surface area contributed by atoms with E-state index < -0.39 is 6.04 Å². The van der Waals surface area contributed by atoms with Crippen LogP contribution < -0.4 is 11.1 Å². The molecule has 0 aromatic heterocycles. The Balaban J connectivity index is 2.54. The molecule has 4 heteroatoms. The predicted molar refractivity (Wildman–Crippen MR) is 75.3 cm³/mol. The normalized spacial score (nSPS) is 12.2. The van der Waals surface area contributed by atoms with Crippen molar-refractivity contribution in [2.45, 2.75) is 32.2 Å². The Labute approximate surface area is 110 Å². The maximum Gasteiger partial charge on any atom is 0.241 e. The lowest BCUT2D eigenvalue weighted by molar-refractivity contribution is -0.117. The Bertz CT molecular complexity index is 355. The van der Waals surface area contributed by atoms with E-state index in [-0.39, 0.29) is 5.91 Å². The number of carbonyl (C=O) groups is 1. The molecule has 1 aromatic rings. The van der Waals surface area contributed by atoms with Gasteiger partial charge < -0.3 is 11.1 Å². The number of unbranched alkanes of at least 4 members (excludes halogenated alkanes) is 1. The zero-order valence-corrected chi connectivity index (χ0v) is 11.5. The third-order valence-corrected chi connectivity index (χ3v) is 3.28. The van der Waals surface area contributed by atoms with Gasteiger partial charge in [0.15, 0.2) is 0 Å². The summed E-state index contributed by atoms with van der Waals surface area (Å²) in [5.41, 5.74) is 6.62. The van der Waals surface area contributed by atoms with Gasteiger partial charge in [0.25, 0.3) is 0 Å². The number of rotatable bonds is 5. The van der Waals surface area contributed by atoms with Crippen LogP contribution >= 0.6 is 22.6 Å². The van der Waals surface area contributed by atoms with Crippen LogP contribution in [0.2, 0.25) is 0 Å². The van der Waals surface area contributed by atoms with Crippen molar-refractivity contribution in [3.63, 3.8) is 0 Å². The van der Waals surface area contributed by atoms with Gasteiger partial charge in [0.1, 0.15) is 0 Å². The van der Waals surface area contributed by atoms with E-state index in [9.17, 15) is 4.79 Å². The van der Waals surface area contributed by atoms with E-state index in [0.717, 1.165) is 28.5 Å². The van der Waals surface area contributed by atoms with Crippen LogP contribution in [0.5, 0.6) is 0 Å². The van der Waals surface area contributed by atoms with Crippen molar-refractivity contribution >= 4 is 34.2 Å². The number of halogens is 1. The fourth-order valence-electron chi connectivity index (χ4n) is 1.34. The molecule has 0 fully saturated rings. The van der Waals surface area contributed by atoms with Gasteiger partial charge in [-0.2, -0.15) is 0 Å². The highest BCUT2D eigenvalue weighted by atomic mass is 127. The van der Waals surface area contributed by atoms with E-state index >= 15 is 0 Å². The van der Waals surface area contributed by atoms with E-state index in [1.807, 2.05) is 24.3 Å². The zero-order valence-electron chi connectivity index (χ0n) is 9.37. The molecule has 1 amide bonds. The summed E-state index contributed by atoms with van der Waals surface area (Å²) in [6.07, 6.45) is 2.79. The Hall–Kier alpha value is -0.620. The lowest BCUT2D eigenvalue weighted by Gasteiger charge is -2.12. The zero-order chi connectivity index (χ0) is 12.0. The van der Waals surface area contributed by atoms with Gasteiger partial charge in [-0.05, 0) is 41.1 Å². The molecule has 0 aliphatic carbocycles. The number of carbonyl (C=O) groups excluding carboxylic acids is 1. The van der Waals surface area contributed by atoms with E-state index in [0.29, 0.717) is 0 Å². The summed E-state index contributed by atoms with van der Waals surface area (Å²) in [5.74, 6) is -0.0995. The summed E-state index contributed by atoms with van der Waals surface area (Å²) < 4.78 is 1.02. The first kappa shape index (κ1) is 13.4. The van der Waals surface area contributed by atoms with Gasteiger partial charge in [0, 0.05) is 3.57 Å². The van der Waals surface area contributed by atoms with Crippen molar-refractivity contribution in [3.05, 3.63) is 27.8 Å². The van der Waals surface area contributed by atoms with Gasteiger partial charge in [-0.25, -0.2) is 0 Å². The van der Waals surface area contributed by atoms with Crippen molar-refractivity contribution < 1.29 is 4.79 Å². The molecule has 1 rings (SSSR count). The smallest absolute Gasteiger partial charge is 0.241 e. The molecule has 0 spiro atoms. The van der Waals surface area contributed by atoms with Crippen LogP contribution in [0.25, 0.3) is 0 Å². The highest BCUT2D eigenvalue weighted by Crippen LogP contribution is 2.17. The van der Waals surface area contributed by atoms with Crippen LogP contribution in [0.15, 0.2) is 24.3 Å². The summed E-state index contributed by atoms with van der Waals surface area (Å²) >= 11 is 2.19. The minimum atomic E-state index is -0.407. The molecule has 88 valence electrons. The lowest BCUT2D eigenvalue weighted by atomic mass is 10.1. The highest BCUT2D eigenvalue weighted by Gasteiger charge is 2.13. The monoisotopic (exact) mass is 332 g/mol. The topological polar surface area (TPSA) is 55.1 Å². The number of amides is 1. The van der Waals surface area contributed by atoms with E-state index in [1.54, 1.807) is 0 Å². The van der Waals surface area contributed by atoms with Gasteiger partial charge in [0.05, 0.1) is 11.7 Å². The van der Waals surface area contributed by atoms with Gasteiger partial charge in [0.2, 0.25) is 5.91 Å². The minimum absolute atomic E-state index is 0.0995. The Morgan fingerprint density at radius 1 is 1.50 bits per heavy atom. The second kappa shape index (κ2) is 6.85. The van der Waals surface area contributed by atoms with Crippen molar-refractivity contribution in [2.24, 2.45) is 5.73 Å². The average Bonchev–Trinajstić information content (AvgIpc) is 2.28. The molecule has 0 bridgehead atoms. The minimum Gasteiger partial charge on any atom is -0.324 e. The summed E-state index contributed by atoms with van der Waals surface area (Å²) in [6, 6.07) is 7.26. The van der Waals surface area contributed by atoms with E-state index in [1.165, 1.54) is 0 Å². The number of benzene rings is 1. The van der Waals surface area contributed by atoms with Crippen LogP contribution in [-0.2, 0) is 4.79 Å². The first-order valence-corrected chi connectivity index (χ1v) is 6.54. The van der Waals surface area contributed by atoms with Gasteiger partial charge >= 0.3 is 0 Å². The van der Waals surface area contributed by atoms with Crippen LogP contribution in [0.3, 0.4) is 0 Å². The molecule has 0 saturated carbocycles. The number of hydrogen-bond donors (Lipinski definition) is 2. The van der Waals surface area contributed by atoms with Gasteiger partial charge in [-0.15, -0.1) is 0 Å². The molecule has 0 aliphatic heterocycles. The van der Waals surface area contributed by atoms with Gasteiger partial charge in [-0.3, -0.25) is 4.79 Å². The molecule has 1 aromatic carbocycles. The van der Waals surface area contributed by atoms with Crippen molar-refractivity contribution in [1.29, 1.82) is 0 Å². The predicted octanol–water partition coefficient (Wildman–Crippen LogP) is 2.75. The number of nitrogens with one attached hydrogen (secondary N) is 1. The van der Waals surface area contributed by atoms with Crippen molar-refractivity contribution in [1.82, 2.24) is 0 Å². The molecule has 1 atom stereocenters. The maximum atomic E-state index is 11.7. The maximum absolute atomic E-state index is 11.7. The Morgan fingerprint density at radius 2 is 2.19 bits per heavy atom. The lowest BCUT2D eigenvalue weighted by Crippen LogP contribution is -2.35. The molecule has 16 heavy (non-hydrogen) atoms. The fraction of sp³-hybridized carbons (Fsp3) is 0.417. The molecule has 0 saturated heterocycles. The van der Waals surface area contributed by atoms with Crippen LogP contribution in [-0.4, -0.2) is 11.9 Å². The molecular weight excluding hydrogens is 315 g/mol. The summed E-state index contributed by atoms with van der Waals surface area (Å²) in [5, 5.41) is 2.85. The van der Waals surface area contributed by atoms with Crippen LogP contribution in [0.4, 0.5) is 5.69 Å². The Kier molecular flexibility index (Phi) is 5.76. The van der Waals surface area contributed by atoms with Crippen LogP contribution in [0.1, 0.15) is 26.2 Å². The van der Waals surface area contributed by atoms with E-state index in [2.05, 4.69) is 34.8 Å². The number of nitrogens with two attached hydrogens (primary N) is 1. The summed E-state index contributed by atoms with van der Waals surface area (Å²) in [4.78, 5) is 11.7. The number of para-hydroxylation sites is 1. The molecular formula is C12H17IN2O. The third kappa shape index (κ3) is 4.09. The first-order chi connectivity index (χ1) is 7.65. The van der Waals surface area contributed by atoms with Crippen LogP contribution in [0, 0.1) is 3.57 Å². The molecule has 0 heterocycles. The fourth-order valence-corrected chi connectivity index (χ4v) is 1.87. The molecule has 3 nitrogen and oxygen atoms in total. The second-order valence-corrected chi connectivity index (χ2v) is 4.88. The van der Waals surface area contributed by atoms with Crippen molar-refractivity contribution in [2.75, 3.05) is 5.32 Å². The number of hydrogen-bond acceptors (Lipinski definition) is 2. The van der Waals surface area contributed by atoms with Crippen molar-refractivity contribution in [3.8, 4) is 0 Å². The third-order valence-electron chi connectivity index (χ3n) is 2.34. The van der Waals surface area contributed by atoms with E-state index in [4.69, 9.17) is 5.73 Å².